The van der Waals surface area contributed by atoms with Crippen molar-refractivity contribution in [2.24, 2.45) is 0 Å². The second-order valence-corrected chi connectivity index (χ2v) is 6.03. The van der Waals surface area contributed by atoms with Crippen LogP contribution < -0.4 is 4.74 Å². The Morgan fingerprint density at radius 3 is 2.92 bits per heavy atom. The second-order valence-electron chi connectivity index (χ2n) is 6.03. The Bertz CT molecular complexity index is 850. The summed E-state index contributed by atoms with van der Waals surface area (Å²) in [5, 5.41) is 12.2. The zero-order valence-electron chi connectivity index (χ0n) is 13.8. The second kappa shape index (κ2) is 5.74. The van der Waals surface area contributed by atoms with Gasteiger partial charge in [-0.3, -0.25) is 0 Å². The molecule has 0 saturated heterocycles. The van der Waals surface area contributed by atoms with Crippen molar-refractivity contribution in [1.82, 2.24) is 25.1 Å². The van der Waals surface area contributed by atoms with Crippen LogP contribution in [0, 0.1) is 0 Å². The number of hydrogen-bond donors (Lipinski definition) is 0. The van der Waals surface area contributed by atoms with E-state index in [0.717, 1.165) is 36.5 Å². The third-order valence-corrected chi connectivity index (χ3v) is 4.82. The highest BCUT2D eigenvalue weighted by Crippen LogP contribution is 2.48. The molecule has 2 aromatic heterocycles. The van der Waals surface area contributed by atoms with Gasteiger partial charge in [-0.15, -0.1) is 5.10 Å². The van der Waals surface area contributed by atoms with Gasteiger partial charge in [0.15, 0.2) is 5.82 Å². The summed E-state index contributed by atoms with van der Waals surface area (Å²) in [6.45, 7) is 2.70. The molecule has 1 saturated carbocycles. The maximum absolute atomic E-state index is 5.52. The standard InChI is InChI=1S/C17H19N5O2/c1-3-22-14(11-18-21-22)15-19-16(20-24-15)17(8-5-9-17)12-6-4-7-13(10-12)23-2/h4,6-7,10-11H,3,5,8-9H2,1-2H3. The number of nitrogens with zero attached hydrogens (tertiary/aromatic N) is 5. The monoisotopic (exact) mass is 325 g/mol. The molecule has 0 radical (unpaired) electrons. The summed E-state index contributed by atoms with van der Waals surface area (Å²) in [5.41, 5.74) is 1.72. The molecule has 0 spiro atoms. The van der Waals surface area contributed by atoms with Gasteiger partial charge in [-0.25, -0.2) is 4.68 Å². The Kier molecular flexibility index (Phi) is 3.55. The molecular weight excluding hydrogens is 306 g/mol. The van der Waals surface area contributed by atoms with E-state index in [0.29, 0.717) is 12.4 Å². The van der Waals surface area contributed by atoms with Crippen LogP contribution in [-0.2, 0) is 12.0 Å². The van der Waals surface area contributed by atoms with E-state index in [1.807, 2.05) is 19.1 Å². The molecule has 0 aliphatic heterocycles. The van der Waals surface area contributed by atoms with Gasteiger partial charge in [0, 0.05) is 6.54 Å². The molecule has 1 aliphatic carbocycles. The molecular formula is C17H19N5O2. The zero-order valence-corrected chi connectivity index (χ0v) is 13.8. The minimum Gasteiger partial charge on any atom is -0.497 e. The lowest BCUT2D eigenvalue weighted by Crippen LogP contribution is -2.36. The molecule has 0 amide bonds. The maximum Gasteiger partial charge on any atom is 0.277 e. The molecule has 24 heavy (non-hydrogen) atoms. The molecule has 2 heterocycles. The van der Waals surface area contributed by atoms with Crippen LogP contribution in [0.2, 0.25) is 0 Å². The third-order valence-electron chi connectivity index (χ3n) is 4.82. The third kappa shape index (κ3) is 2.19. The van der Waals surface area contributed by atoms with Crippen LogP contribution in [0.5, 0.6) is 5.75 Å². The molecule has 0 atom stereocenters. The normalized spacial score (nSPS) is 15.9. The van der Waals surface area contributed by atoms with Crippen LogP contribution in [0.4, 0.5) is 0 Å². The molecule has 1 fully saturated rings. The number of methoxy groups -OCH3 is 1. The SMILES string of the molecule is CCn1nncc1-c1nc(C2(c3cccc(OC)c3)CCC2)no1. The first-order chi connectivity index (χ1) is 11.8. The van der Waals surface area contributed by atoms with E-state index >= 15 is 0 Å². The number of aromatic nitrogens is 5. The van der Waals surface area contributed by atoms with E-state index in [2.05, 4.69) is 32.6 Å². The van der Waals surface area contributed by atoms with Crippen LogP contribution in [0.1, 0.15) is 37.6 Å². The molecule has 0 bridgehead atoms. The molecule has 1 aromatic carbocycles. The largest absolute Gasteiger partial charge is 0.497 e. The van der Waals surface area contributed by atoms with Gasteiger partial charge in [0.2, 0.25) is 0 Å². The first-order valence-corrected chi connectivity index (χ1v) is 8.14. The Hall–Kier alpha value is -2.70. The lowest BCUT2D eigenvalue weighted by molar-refractivity contribution is 0.272. The Balaban J connectivity index is 1.74. The topological polar surface area (TPSA) is 78.9 Å². The summed E-state index contributed by atoms with van der Waals surface area (Å²) in [5.74, 6) is 2.03. The highest BCUT2D eigenvalue weighted by Gasteiger charge is 2.44. The van der Waals surface area contributed by atoms with Gasteiger partial charge >= 0.3 is 0 Å². The van der Waals surface area contributed by atoms with E-state index in [1.165, 1.54) is 5.56 Å². The fraction of sp³-hybridized carbons (Fsp3) is 0.412. The first kappa shape index (κ1) is 14.9. The first-order valence-electron chi connectivity index (χ1n) is 8.14. The van der Waals surface area contributed by atoms with E-state index in [-0.39, 0.29) is 5.41 Å². The number of rotatable bonds is 5. The van der Waals surface area contributed by atoms with Crippen LogP contribution in [0.15, 0.2) is 35.0 Å². The minimum absolute atomic E-state index is 0.194. The van der Waals surface area contributed by atoms with E-state index in [9.17, 15) is 0 Å². The van der Waals surface area contributed by atoms with Gasteiger partial charge in [-0.1, -0.05) is 28.9 Å². The number of aryl methyl sites for hydroxylation is 1. The molecule has 7 nitrogen and oxygen atoms in total. The van der Waals surface area contributed by atoms with E-state index in [4.69, 9.17) is 9.26 Å². The molecule has 4 rings (SSSR count). The number of hydrogen-bond acceptors (Lipinski definition) is 6. The Morgan fingerprint density at radius 2 is 2.21 bits per heavy atom. The molecule has 1 aliphatic rings. The summed E-state index contributed by atoms with van der Waals surface area (Å²) in [6, 6.07) is 8.12. The van der Waals surface area contributed by atoms with Crippen LogP contribution in [-0.4, -0.2) is 32.2 Å². The van der Waals surface area contributed by atoms with Gasteiger partial charge in [0.25, 0.3) is 5.89 Å². The van der Waals surface area contributed by atoms with Gasteiger partial charge in [0.1, 0.15) is 11.4 Å². The molecule has 7 heteroatoms. The van der Waals surface area contributed by atoms with Crippen LogP contribution >= 0.6 is 0 Å². The molecule has 0 unspecified atom stereocenters. The molecule has 124 valence electrons. The van der Waals surface area contributed by atoms with Crippen molar-refractivity contribution < 1.29 is 9.26 Å². The lowest BCUT2D eigenvalue weighted by atomic mass is 9.64. The summed E-state index contributed by atoms with van der Waals surface area (Å²) >= 11 is 0. The van der Waals surface area contributed by atoms with Crippen LogP contribution in [0.3, 0.4) is 0 Å². The number of benzene rings is 1. The fourth-order valence-corrected chi connectivity index (χ4v) is 3.27. The Morgan fingerprint density at radius 1 is 1.33 bits per heavy atom. The predicted molar refractivity (Wildman–Crippen MR) is 86.6 cm³/mol. The van der Waals surface area contributed by atoms with Crippen molar-refractivity contribution in [3.05, 3.63) is 41.9 Å². The average molecular weight is 325 g/mol. The van der Waals surface area contributed by atoms with Gasteiger partial charge in [0.05, 0.1) is 18.7 Å². The van der Waals surface area contributed by atoms with Gasteiger partial charge in [-0.2, -0.15) is 4.98 Å². The average Bonchev–Trinajstić information content (AvgIpc) is 3.23. The molecule has 0 N–H and O–H groups in total. The summed E-state index contributed by atoms with van der Waals surface area (Å²) in [7, 11) is 1.68. The minimum atomic E-state index is -0.194. The highest BCUT2D eigenvalue weighted by atomic mass is 16.5. The lowest BCUT2D eigenvalue weighted by Gasteiger charge is -2.39. The Labute approximate surface area is 139 Å². The van der Waals surface area contributed by atoms with Crippen LogP contribution in [0.25, 0.3) is 11.6 Å². The predicted octanol–water partition coefficient (Wildman–Crippen LogP) is 2.83. The van der Waals surface area contributed by atoms with Gasteiger partial charge < -0.3 is 9.26 Å². The molecule has 3 aromatic rings. The van der Waals surface area contributed by atoms with E-state index < -0.39 is 0 Å². The highest BCUT2D eigenvalue weighted by molar-refractivity contribution is 5.47. The fourth-order valence-electron chi connectivity index (χ4n) is 3.27. The van der Waals surface area contributed by atoms with E-state index in [1.54, 1.807) is 18.0 Å². The quantitative estimate of drug-likeness (QED) is 0.718. The smallest absolute Gasteiger partial charge is 0.277 e. The van der Waals surface area contributed by atoms with Crippen molar-refractivity contribution in [2.75, 3.05) is 7.11 Å². The zero-order chi connectivity index (χ0) is 16.6. The van der Waals surface area contributed by atoms with Gasteiger partial charge in [-0.05, 0) is 37.5 Å². The van der Waals surface area contributed by atoms with Crippen molar-refractivity contribution in [1.29, 1.82) is 0 Å². The van der Waals surface area contributed by atoms with Crippen molar-refractivity contribution in [3.8, 4) is 17.3 Å². The van der Waals surface area contributed by atoms with Crippen molar-refractivity contribution in [2.45, 2.75) is 38.1 Å². The maximum atomic E-state index is 5.52. The summed E-state index contributed by atoms with van der Waals surface area (Å²) < 4.78 is 12.6. The van der Waals surface area contributed by atoms with Crippen molar-refractivity contribution in [3.63, 3.8) is 0 Å². The number of ether oxygens (including phenoxy) is 1. The van der Waals surface area contributed by atoms with Crippen molar-refractivity contribution >= 4 is 0 Å². The summed E-state index contributed by atoms with van der Waals surface area (Å²) in [4.78, 5) is 4.67. The summed E-state index contributed by atoms with van der Waals surface area (Å²) in [6.07, 6.45) is 4.81.